The second kappa shape index (κ2) is 5.37. The molecule has 1 unspecified atom stereocenters. The summed E-state index contributed by atoms with van der Waals surface area (Å²) in [5, 5.41) is 3.48. The third-order valence-electron chi connectivity index (χ3n) is 3.87. The van der Waals surface area contributed by atoms with Gasteiger partial charge in [0.05, 0.1) is 0 Å². The molecule has 2 nitrogen and oxygen atoms in total. The van der Waals surface area contributed by atoms with Crippen LogP contribution in [0.25, 0.3) is 0 Å². The van der Waals surface area contributed by atoms with Gasteiger partial charge in [-0.2, -0.15) is 0 Å². The van der Waals surface area contributed by atoms with Gasteiger partial charge in [0.1, 0.15) is 0 Å². The first-order valence-corrected chi connectivity index (χ1v) is 6.64. The standard InChI is InChI=1S/C12H22N2S/c1-14(10-4-2-3-5-10)9-7-11-12(15)6-8-13-11/h10-11,13H,2-9H2,1H3. The van der Waals surface area contributed by atoms with Crippen LogP contribution in [0.5, 0.6) is 0 Å². The van der Waals surface area contributed by atoms with E-state index in [1.165, 1.54) is 43.5 Å². The molecule has 15 heavy (non-hydrogen) atoms. The van der Waals surface area contributed by atoms with Crippen molar-refractivity contribution in [3.05, 3.63) is 0 Å². The zero-order chi connectivity index (χ0) is 10.7. The summed E-state index contributed by atoms with van der Waals surface area (Å²) in [7, 11) is 2.27. The SMILES string of the molecule is CN(CCC1NCCC1=S)C1CCCC1. The Morgan fingerprint density at radius 1 is 1.40 bits per heavy atom. The molecule has 2 fully saturated rings. The molecule has 1 saturated heterocycles. The molecule has 0 aromatic carbocycles. The predicted molar refractivity (Wildman–Crippen MR) is 68.5 cm³/mol. The van der Waals surface area contributed by atoms with Gasteiger partial charge in [-0.3, -0.25) is 0 Å². The van der Waals surface area contributed by atoms with Gasteiger partial charge in [-0.05, 0) is 39.3 Å². The van der Waals surface area contributed by atoms with Crippen molar-refractivity contribution in [2.45, 2.75) is 50.6 Å². The van der Waals surface area contributed by atoms with E-state index in [4.69, 9.17) is 12.2 Å². The highest BCUT2D eigenvalue weighted by molar-refractivity contribution is 7.80. The van der Waals surface area contributed by atoms with Gasteiger partial charge in [0.2, 0.25) is 0 Å². The molecule has 0 bridgehead atoms. The number of hydrogen-bond donors (Lipinski definition) is 1. The molecule has 2 rings (SSSR count). The van der Waals surface area contributed by atoms with Crippen LogP contribution in [-0.2, 0) is 0 Å². The van der Waals surface area contributed by atoms with Crippen LogP contribution >= 0.6 is 12.2 Å². The summed E-state index contributed by atoms with van der Waals surface area (Å²) in [5.74, 6) is 0. The zero-order valence-electron chi connectivity index (χ0n) is 9.67. The minimum absolute atomic E-state index is 0.517. The minimum Gasteiger partial charge on any atom is -0.309 e. The van der Waals surface area contributed by atoms with Crippen LogP contribution in [0, 0.1) is 0 Å². The molecule has 0 aromatic heterocycles. The molecule has 86 valence electrons. The summed E-state index contributed by atoms with van der Waals surface area (Å²) >= 11 is 5.35. The number of rotatable bonds is 4. The molecule has 0 radical (unpaired) electrons. The van der Waals surface area contributed by atoms with E-state index in [0.717, 1.165) is 19.0 Å². The molecule has 1 atom stereocenters. The van der Waals surface area contributed by atoms with Crippen LogP contribution in [-0.4, -0.2) is 42.0 Å². The minimum atomic E-state index is 0.517. The van der Waals surface area contributed by atoms with E-state index in [0.29, 0.717) is 6.04 Å². The highest BCUT2D eigenvalue weighted by Gasteiger charge is 2.23. The Balaban J connectivity index is 1.70. The molecule has 1 aliphatic heterocycles. The Morgan fingerprint density at radius 3 is 2.73 bits per heavy atom. The Bertz CT molecular complexity index is 224. The fourth-order valence-corrected chi connectivity index (χ4v) is 3.08. The first kappa shape index (κ1) is 11.5. The van der Waals surface area contributed by atoms with E-state index in [1.807, 2.05) is 0 Å². The lowest BCUT2D eigenvalue weighted by molar-refractivity contribution is 0.239. The third kappa shape index (κ3) is 2.99. The van der Waals surface area contributed by atoms with Gasteiger partial charge in [-0.25, -0.2) is 0 Å². The summed E-state index contributed by atoms with van der Waals surface area (Å²) in [6.45, 7) is 2.29. The van der Waals surface area contributed by atoms with Crippen molar-refractivity contribution in [2.24, 2.45) is 0 Å². The number of hydrogen-bond acceptors (Lipinski definition) is 3. The van der Waals surface area contributed by atoms with E-state index >= 15 is 0 Å². The topological polar surface area (TPSA) is 15.3 Å². The molecule has 1 saturated carbocycles. The normalized spacial score (nSPS) is 28.1. The summed E-state index contributed by atoms with van der Waals surface area (Å²) in [6, 6.07) is 1.36. The lowest BCUT2D eigenvalue weighted by atomic mass is 10.1. The fraction of sp³-hybridized carbons (Fsp3) is 0.917. The Labute approximate surface area is 98.4 Å². The molecule has 0 spiro atoms. The molecule has 3 heteroatoms. The monoisotopic (exact) mass is 226 g/mol. The van der Waals surface area contributed by atoms with E-state index < -0.39 is 0 Å². The van der Waals surface area contributed by atoms with Crippen molar-refractivity contribution in [3.8, 4) is 0 Å². The van der Waals surface area contributed by atoms with Crippen LogP contribution < -0.4 is 5.32 Å². The van der Waals surface area contributed by atoms with E-state index in [2.05, 4.69) is 17.3 Å². The van der Waals surface area contributed by atoms with Crippen molar-refractivity contribution in [1.82, 2.24) is 10.2 Å². The lowest BCUT2D eigenvalue weighted by Gasteiger charge is -2.25. The molecular formula is C12H22N2S. The van der Waals surface area contributed by atoms with Crippen LogP contribution in [0.15, 0.2) is 0 Å². The van der Waals surface area contributed by atoms with Crippen LogP contribution in [0.3, 0.4) is 0 Å². The maximum Gasteiger partial charge on any atom is 0.0396 e. The summed E-state index contributed by atoms with van der Waals surface area (Å²) < 4.78 is 0. The largest absolute Gasteiger partial charge is 0.309 e. The molecular weight excluding hydrogens is 204 g/mol. The molecule has 0 amide bonds. The second-order valence-corrected chi connectivity index (χ2v) is 5.45. The van der Waals surface area contributed by atoms with Crippen molar-refractivity contribution in [2.75, 3.05) is 20.1 Å². The lowest BCUT2D eigenvalue weighted by Crippen LogP contribution is -2.35. The quantitative estimate of drug-likeness (QED) is 0.738. The van der Waals surface area contributed by atoms with E-state index in [9.17, 15) is 0 Å². The maximum atomic E-state index is 5.35. The smallest absolute Gasteiger partial charge is 0.0396 e. The highest BCUT2D eigenvalue weighted by Crippen LogP contribution is 2.22. The van der Waals surface area contributed by atoms with Gasteiger partial charge in [0, 0.05) is 23.5 Å². The number of nitrogens with one attached hydrogen (secondary N) is 1. The van der Waals surface area contributed by atoms with Crippen molar-refractivity contribution in [1.29, 1.82) is 0 Å². The van der Waals surface area contributed by atoms with Crippen LogP contribution in [0.4, 0.5) is 0 Å². The average molecular weight is 226 g/mol. The fourth-order valence-electron chi connectivity index (χ4n) is 2.78. The second-order valence-electron chi connectivity index (χ2n) is 4.93. The third-order valence-corrected chi connectivity index (χ3v) is 4.36. The Hall–Kier alpha value is 0.01000. The Kier molecular flexibility index (Phi) is 4.12. The number of thiocarbonyl (C=S) groups is 1. The summed E-state index contributed by atoms with van der Waals surface area (Å²) in [4.78, 5) is 3.78. The first-order valence-electron chi connectivity index (χ1n) is 6.23. The van der Waals surface area contributed by atoms with Crippen molar-refractivity contribution in [3.63, 3.8) is 0 Å². The summed E-state index contributed by atoms with van der Waals surface area (Å²) in [6.07, 6.45) is 7.96. The molecule has 1 N–H and O–H groups in total. The average Bonchev–Trinajstić information content (AvgIpc) is 2.85. The van der Waals surface area contributed by atoms with Gasteiger partial charge in [-0.1, -0.05) is 25.1 Å². The van der Waals surface area contributed by atoms with Gasteiger partial charge in [-0.15, -0.1) is 0 Å². The van der Waals surface area contributed by atoms with Crippen LogP contribution in [0.1, 0.15) is 38.5 Å². The molecule has 2 aliphatic rings. The highest BCUT2D eigenvalue weighted by atomic mass is 32.1. The first-order chi connectivity index (χ1) is 7.27. The van der Waals surface area contributed by atoms with E-state index in [1.54, 1.807) is 0 Å². The van der Waals surface area contributed by atoms with Gasteiger partial charge in [0.25, 0.3) is 0 Å². The molecule has 1 heterocycles. The maximum absolute atomic E-state index is 5.35. The van der Waals surface area contributed by atoms with E-state index in [-0.39, 0.29) is 0 Å². The number of nitrogens with zero attached hydrogens (tertiary/aromatic N) is 1. The van der Waals surface area contributed by atoms with Gasteiger partial charge < -0.3 is 10.2 Å². The molecule has 1 aliphatic carbocycles. The van der Waals surface area contributed by atoms with Crippen molar-refractivity contribution < 1.29 is 0 Å². The molecule has 0 aromatic rings. The Morgan fingerprint density at radius 2 is 2.13 bits per heavy atom. The van der Waals surface area contributed by atoms with Gasteiger partial charge >= 0.3 is 0 Å². The zero-order valence-corrected chi connectivity index (χ0v) is 10.5. The predicted octanol–water partition coefficient (Wildman–Crippen LogP) is 1.98. The summed E-state index contributed by atoms with van der Waals surface area (Å²) in [5.41, 5.74) is 0. The van der Waals surface area contributed by atoms with Gasteiger partial charge in [0.15, 0.2) is 0 Å². The van der Waals surface area contributed by atoms with Crippen molar-refractivity contribution >= 4 is 17.1 Å². The van der Waals surface area contributed by atoms with Crippen LogP contribution in [0.2, 0.25) is 0 Å².